The Hall–Kier alpha value is -3.99. The lowest BCUT2D eigenvalue weighted by Crippen LogP contribution is -2.15. The average molecular weight is 559 g/mol. The first-order valence-corrected chi connectivity index (χ1v) is 13.4. The van der Waals surface area contributed by atoms with Crippen molar-refractivity contribution in [1.29, 1.82) is 5.26 Å². The lowest BCUT2D eigenvalue weighted by molar-refractivity contribution is -0.144. The molecule has 0 aliphatic heterocycles. The number of halogens is 1. The zero-order valence-corrected chi connectivity index (χ0v) is 21.7. The molecule has 2 aromatic heterocycles. The molecule has 0 saturated heterocycles. The molecule has 190 valence electrons. The van der Waals surface area contributed by atoms with E-state index in [0.717, 1.165) is 17.1 Å². The Morgan fingerprint density at radius 3 is 2.68 bits per heavy atom. The van der Waals surface area contributed by atoms with Crippen molar-refractivity contribution in [3.63, 3.8) is 0 Å². The summed E-state index contributed by atoms with van der Waals surface area (Å²) in [5.74, 6) is -0.255. The molecule has 0 fully saturated rings. The monoisotopic (exact) mass is 558 g/mol. The van der Waals surface area contributed by atoms with Crippen molar-refractivity contribution in [2.45, 2.75) is 24.8 Å². The van der Waals surface area contributed by atoms with Gasteiger partial charge in [-0.15, -0.1) is 0 Å². The Balaban J connectivity index is 1.62. The minimum Gasteiger partial charge on any atom is -0.465 e. The van der Waals surface area contributed by atoms with Crippen LogP contribution in [-0.4, -0.2) is 40.1 Å². The topological polar surface area (TPSA) is 149 Å². The average Bonchev–Trinajstić information content (AvgIpc) is 3.50. The van der Waals surface area contributed by atoms with Gasteiger partial charge in [0.2, 0.25) is 11.0 Å². The first kappa shape index (κ1) is 26.1. The van der Waals surface area contributed by atoms with Gasteiger partial charge in [-0.25, -0.2) is 18.1 Å². The fourth-order valence-electron chi connectivity index (χ4n) is 3.23. The first-order valence-electron chi connectivity index (χ1n) is 10.8. The predicted octanol–water partition coefficient (Wildman–Crippen LogP) is 4.01. The van der Waals surface area contributed by atoms with E-state index >= 15 is 0 Å². The summed E-state index contributed by atoms with van der Waals surface area (Å²) in [5.41, 5.74) is 1.50. The molecule has 0 radical (unpaired) electrons. The van der Waals surface area contributed by atoms with Gasteiger partial charge < -0.3 is 9.47 Å². The number of esters is 1. The van der Waals surface area contributed by atoms with Crippen molar-refractivity contribution in [2.24, 2.45) is 0 Å². The van der Waals surface area contributed by atoms with Crippen LogP contribution in [-0.2, 0) is 32.5 Å². The Kier molecular flexibility index (Phi) is 8.02. The van der Waals surface area contributed by atoms with Gasteiger partial charge in [-0.1, -0.05) is 23.7 Å². The molecule has 4 rings (SSSR count). The van der Waals surface area contributed by atoms with Crippen LogP contribution >= 0.6 is 23.1 Å². The number of hydrogen-bond donors (Lipinski definition) is 1. The maximum atomic E-state index is 12.7. The van der Waals surface area contributed by atoms with E-state index in [4.69, 9.17) is 21.1 Å². The van der Waals surface area contributed by atoms with E-state index in [1.807, 2.05) is 18.2 Å². The first-order chi connectivity index (χ1) is 17.8. The maximum Gasteiger partial charge on any atom is 0.327 e. The number of hydrogen-bond acceptors (Lipinski definition) is 10. The van der Waals surface area contributed by atoms with Gasteiger partial charge in [0.15, 0.2) is 0 Å². The Morgan fingerprint density at radius 2 is 2.00 bits per heavy atom. The van der Waals surface area contributed by atoms with Gasteiger partial charge in [0.05, 0.1) is 22.8 Å². The number of rotatable bonds is 10. The molecule has 0 atom stereocenters. The molecule has 0 amide bonds. The molecular formula is C23H19ClN6O5S2. The fourth-order valence-corrected chi connectivity index (χ4v) is 5.04. The number of sulfonamides is 1. The summed E-state index contributed by atoms with van der Waals surface area (Å²) in [6.07, 6.45) is 1.66. The third-order valence-corrected chi connectivity index (χ3v) is 7.15. The number of nitrogens with zero attached hydrogens (tertiary/aromatic N) is 5. The highest BCUT2D eigenvalue weighted by atomic mass is 35.5. The van der Waals surface area contributed by atoms with Gasteiger partial charge in [-0.3, -0.25) is 9.52 Å². The second kappa shape index (κ2) is 11.4. The lowest BCUT2D eigenvalue weighted by atomic mass is 10.1. The van der Waals surface area contributed by atoms with E-state index in [1.54, 1.807) is 25.1 Å². The van der Waals surface area contributed by atoms with Crippen LogP contribution in [0.3, 0.4) is 0 Å². The minimum absolute atomic E-state index is 0.0386. The Bertz CT molecular complexity index is 1550. The number of nitrogens with one attached hydrogen (secondary N) is 1. The van der Waals surface area contributed by atoms with E-state index in [-0.39, 0.29) is 40.4 Å². The van der Waals surface area contributed by atoms with Gasteiger partial charge in [-0.2, -0.15) is 14.7 Å². The van der Waals surface area contributed by atoms with Crippen molar-refractivity contribution in [3.8, 4) is 17.7 Å². The molecule has 0 spiro atoms. The maximum absolute atomic E-state index is 12.7. The summed E-state index contributed by atoms with van der Waals surface area (Å²) < 4.78 is 43.7. The van der Waals surface area contributed by atoms with Gasteiger partial charge >= 0.3 is 5.97 Å². The lowest BCUT2D eigenvalue weighted by Gasteiger charge is -2.11. The standard InChI is InChI=1S/C23H19ClN6O5S2/c1-2-34-22(31)13-30-21(11-18(28-30)9-15-3-5-17(24)6-4-15)35-20-8-7-19(10-16(20)12-25)37(32,33)29-23-26-14-27-36-23/h3-8,10-11,14H,2,9,13H2,1H3,(H,26,27,29). The van der Waals surface area contributed by atoms with Crippen LogP contribution < -0.4 is 9.46 Å². The number of nitriles is 1. The number of benzene rings is 2. The van der Waals surface area contributed by atoms with Crippen LogP contribution in [0.15, 0.2) is 59.8 Å². The molecule has 0 saturated carbocycles. The van der Waals surface area contributed by atoms with Gasteiger partial charge in [0, 0.05) is 29.0 Å². The van der Waals surface area contributed by atoms with E-state index in [2.05, 4.69) is 19.2 Å². The number of anilines is 1. The number of carbonyl (C=O) groups excluding carboxylic acids is 1. The van der Waals surface area contributed by atoms with Crippen molar-refractivity contribution >= 4 is 44.3 Å². The molecule has 14 heteroatoms. The summed E-state index contributed by atoms with van der Waals surface area (Å²) >= 11 is 6.84. The van der Waals surface area contributed by atoms with E-state index in [1.165, 1.54) is 29.2 Å². The highest BCUT2D eigenvalue weighted by molar-refractivity contribution is 7.93. The molecular weight excluding hydrogens is 540 g/mol. The summed E-state index contributed by atoms with van der Waals surface area (Å²) in [5, 5.41) is 14.8. The Morgan fingerprint density at radius 1 is 1.22 bits per heavy atom. The molecule has 0 aliphatic rings. The fraction of sp³-hybridized carbons (Fsp3) is 0.174. The quantitative estimate of drug-likeness (QED) is 0.285. The summed E-state index contributed by atoms with van der Waals surface area (Å²) in [7, 11) is -4.01. The van der Waals surface area contributed by atoms with Crippen LogP contribution in [0, 0.1) is 11.3 Å². The highest BCUT2D eigenvalue weighted by Gasteiger charge is 2.20. The van der Waals surface area contributed by atoms with Crippen molar-refractivity contribution < 1.29 is 22.7 Å². The largest absolute Gasteiger partial charge is 0.465 e. The second-order valence-electron chi connectivity index (χ2n) is 7.46. The third kappa shape index (κ3) is 6.62. The molecule has 11 nitrogen and oxygen atoms in total. The van der Waals surface area contributed by atoms with Crippen molar-refractivity contribution in [3.05, 3.63) is 76.7 Å². The van der Waals surface area contributed by atoms with E-state index in [9.17, 15) is 18.5 Å². The summed E-state index contributed by atoms with van der Waals surface area (Å²) in [6.45, 7) is 1.68. The molecule has 2 aromatic carbocycles. The zero-order valence-electron chi connectivity index (χ0n) is 19.3. The van der Waals surface area contributed by atoms with Gasteiger partial charge in [-0.05, 0) is 42.8 Å². The molecule has 37 heavy (non-hydrogen) atoms. The number of ether oxygens (including phenoxy) is 2. The normalized spacial score (nSPS) is 11.1. The highest BCUT2D eigenvalue weighted by Crippen LogP contribution is 2.29. The molecule has 0 aliphatic carbocycles. The van der Waals surface area contributed by atoms with Crippen LogP contribution in [0.2, 0.25) is 5.02 Å². The second-order valence-corrected chi connectivity index (χ2v) is 10.4. The number of aromatic nitrogens is 4. The molecule has 0 unspecified atom stereocenters. The smallest absolute Gasteiger partial charge is 0.327 e. The third-order valence-electron chi connectivity index (χ3n) is 4.86. The minimum atomic E-state index is -4.01. The van der Waals surface area contributed by atoms with Gasteiger partial charge in [0.1, 0.15) is 24.7 Å². The van der Waals surface area contributed by atoms with Crippen LogP contribution in [0.5, 0.6) is 11.6 Å². The zero-order chi connectivity index (χ0) is 26.4. The summed E-state index contributed by atoms with van der Waals surface area (Å²) in [4.78, 5) is 15.8. The van der Waals surface area contributed by atoms with Crippen LogP contribution in [0.1, 0.15) is 23.7 Å². The van der Waals surface area contributed by atoms with E-state index in [0.29, 0.717) is 17.1 Å². The number of carbonyl (C=O) groups is 1. The molecule has 0 bridgehead atoms. The van der Waals surface area contributed by atoms with Crippen molar-refractivity contribution in [1.82, 2.24) is 19.1 Å². The SMILES string of the molecule is CCOC(=O)Cn1nc(Cc2ccc(Cl)cc2)cc1Oc1ccc(S(=O)(=O)Nc2ncns2)cc1C#N. The van der Waals surface area contributed by atoms with Crippen molar-refractivity contribution in [2.75, 3.05) is 11.3 Å². The van der Waals surface area contributed by atoms with Gasteiger partial charge in [0.25, 0.3) is 10.0 Å². The molecule has 1 N–H and O–H groups in total. The Labute approximate surface area is 221 Å². The predicted molar refractivity (Wildman–Crippen MR) is 135 cm³/mol. The van der Waals surface area contributed by atoms with Crippen LogP contribution in [0.25, 0.3) is 0 Å². The molecule has 2 heterocycles. The summed E-state index contributed by atoms with van der Waals surface area (Å²) in [6, 6.07) is 14.6. The van der Waals surface area contributed by atoms with Crippen LogP contribution in [0.4, 0.5) is 5.13 Å². The van der Waals surface area contributed by atoms with E-state index < -0.39 is 16.0 Å². The molecule has 4 aromatic rings.